The van der Waals surface area contributed by atoms with E-state index in [2.05, 4.69) is 26.5 Å². The lowest BCUT2D eigenvalue weighted by atomic mass is 10.3. The van der Waals surface area contributed by atoms with Crippen molar-refractivity contribution in [1.82, 2.24) is 9.97 Å². The highest BCUT2D eigenvalue weighted by Crippen LogP contribution is 1.96. The Morgan fingerprint density at radius 2 is 2.36 bits per heavy atom. The van der Waals surface area contributed by atoms with Gasteiger partial charge in [-0.25, -0.2) is 14.8 Å². The Kier molecular flexibility index (Phi) is 3.62. The summed E-state index contributed by atoms with van der Waals surface area (Å²) in [7, 11) is 1.29. The predicted octanol–water partition coefficient (Wildman–Crippen LogP) is 0.564. The quantitative estimate of drug-likeness (QED) is 0.479. The van der Waals surface area contributed by atoms with E-state index in [4.69, 9.17) is 0 Å². The number of methoxy groups -OCH3 is 1. The number of aryl methyl sites for hydroxylation is 1. The van der Waals surface area contributed by atoms with Crippen molar-refractivity contribution in [3.63, 3.8) is 0 Å². The van der Waals surface area contributed by atoms with E-state index in [1.807, 2.05) is 6.92 Å². The molecule has 0 amide bonds. The van der Waals surface area contributed by atoms with Gasteiger partial charge in [0.15, 0.2) is 0 Å². The molecule has 0 saturated heterocycles. The van der Waals surface area contributed by atoms with E-state index < -0.39 is 5.97 Å². The van der Waals surface area contributed by atoms with E-state index >= 15 is 0 Å². The maximum atomic E-state index is 10.7. The van der Waals surface area contributed by atoms with Crippen LogP contribution in [-0.2, 0) is 16.0 Å². The highest BCUT2D eigenvalue weighted by Gasteiger charge is 1.94. The lowest BCUT2D eigenvalue weighted by molar-refractivity contribution is -0.133. The first-order valence-electron chi connectivity index (χ1n) is 4.17. The molecular weight excluding hydrogens is 180 g/mol. The summed E-state index contributed by atoms with van der Waals surface area (Å²) in [4.78, 5) is 18.6. The number of carbonyl (C=O) groups excluding carboxylic acids is 1. The highest BCUT2D eigenvalue weighted by molar-refractivity contribution is 5.88. The van der Waals surface area contributed by atoms with Gasteiger partial charge in [-0.1, -0.05) is 6.92 Å². The van der Waals surface area contributed by atoms with Crippen molar-refractivity contribution < 1.29 is 9.53 Å². The molecule has 1 rings (SSSR count). The van der Waals surface area contributed by atoms with E-state index in [0.717, 1.165) is 12.1 Å². The Morgan fingerprint density at radius 3 is 3.00 bits per heavy atom. The van der Waals surface area contributed by atoms with Crippen LogP contribution in [0.15, 0.2) is 12.4 Å². The van der Waals surface area contributed by atoms with Crippen molar-refractivity contribution >= 4 is 5.97 Å². The van der Waals surface area contributed by atoms with E-state index in [9.17, 15) is 4.79 Å². The SMILES string of the molecule is CCc1cc(C#CC(=O)OC)ncn1. The average Bonchev–Trinajstić information content (AvgIpc) is 2.26. The lowest BCUT2D eigenvalue weighted by Gasteiger charge is -1.93. The standard InChI is InChI=1S/C10H10N2O2/c1-3-8-6-9(12-7-11-8)4-5-10(13)14-2/h6-7H,3H2,1-2H3. The van der Waals surface area contributed by atoms with Gasteiger partial charge in [0.05, 0.1) is 7.11 Å². The van der Waals surface area contributed by atoms with Crippen LogP contribution in [0.5, 0.6) is 0 Å². The number of rotatable bonds is 1. The zero-order chi connectivity index (χ0) is 10.4. The Balaban J connectivity index is 2.84. The monoisotopic (exact) mass is 190 g/mol. The van der Waals surface area contributed by atoms with Gasteiger partial charge in [0, 0.05) is 11.6 Å². The highest BCUT2D eigenvalue weighted by atomic mass is 16.5. The number of hydrogen-bond donors (Lipinski definition) is 0. The van der Waals surface area contributed by atoms with Crippen LogP contribution in [0, 0.1) is 11.8 Å². The van der Waals surface area contributed by atoms with Crippen LogP contribution >= 0.6 is 0 Å². The molecule has 1 heterocycles. The van der Waals surface area contributed by atoms with Crippen molar-refractivity contribution in [3.8, 4) is 11.8 Å². The largest absolute Gasteiger partial charge is 0.459 e. The van der Waals surface area contributed by atoms with Gasteiger partial charge in [-0.2, -0.15) is 0 Å². The van der Waals surface area contributed by atoms with Crippen LogP contribution in [0.3, 0.4) is 0 Å². The summed E-state index contributed by atoms with van der Waals surface area (Å²) in [6.07, 6.45) is 2.25. The Bertz CT molecular complexity index is 391. The van der Waals surface area contributed by atoms with E-state index in [1.165, 1.54) is 13.4 Å². The molecule has 1 aromatic heterocycles. The molecule has 72 valence electrons. The lowest BCUT2D eigenvalue weighted by Crippen LogP contribution is -1.96. The summed E-state index contributed by atoms with van der Waals surface area (Å²) in [5, 5.41) is 0. The van der Waals surface area contributed by atoms with Gasteiger partial charge in [-0.15, -0.1) is 0 Å². The summed E-state index contributed by atoms with van der Waals surface area (Å²) in [5.41, 5.74) is 1.43. The Morgan fingerprint density at radius 1 is 1.57 bits per heavy atom. The van der Waals surface area contributed by atoms with Gasteiger partial charge >= 0.3 is 5.97 Å². The van der Waals surface area contributed by atoms with Gasteiger partial charge in [0.2, 0.25) is 0 Å². The van der Waals surface area contributed by atoms with E-state index in [0.29, 0.717) is 5.69 Å². The van der Waals surface area contributed by atoms with E-state index in [1.54, 1.807) is 6.07 Å². The first-order valence-corrected chi connectivity index (χ1v) is 4.17. The number of aromatic nitrogens is 2. The zero-order valence-electron chi connectivity index (χ0n) is 8.07. The van der Waals surface area contributed by atoms with Gasteiger partial charge in [0.1, 0.15) is 12.0 Å². The fourth-order valence-corrected chi connectivity index (χ4v) is 0.825. The van der Waals surface area contributed by atoms with Gasteiger partial charge < -0.3 is 4.74 Å². The van der Waals surface area contributed by atoms with Crippen molar-refractivity contribution in [2.75, 3.05) is 7.11 Å². The fraction of sp³-hybridized carbons (Fsp3) is 0.300. The van der Waals surface area contributed by atoms with Crippen LogP contribution in [0.1, 0.15) is 18.3 Å². The molecule has 4 nitrogen and oxygen atoms in total. The van der Waals surface area contributed by atoms with E-state index in [-0.39, 0.29) is 0 Å². The molecule has 4 heteroatoms. The molecule has 14 heavy (non-hydrogen) atoms. The number of carbonyl (C=O) groups is 1. The smallest absolute Gasteiger partial charge is 0.384 e. The van der Waals surface area contributed by atoms with Crippen LogP contribution in [0.2, 0.25) is 0 Å². The summed E-state index contributed by atoms with van der Waals surface area (Å²) >= 11 is 0. The predicted molar refractivity (Wildman–Crippen MR) is 50.3 cm³/mol. The summed E-state index contributed by atoms with van der Waals surface area (Å²) in [6.45, 7) is 1.99. The van der Waals surface area contributed by atoms with Crippen LogP contribution in [-0.4, -0.2) is 23.0 Å². The minimum absolute atomic E-state index is 0.530. The molecule has 0 atom stereocenters. The second-order valence-corrected chi connectivity index (χ2v) is 2.49. The number of nitrogens with zero attached hydrogens (tertiary/aromatic N) is 2. The Labute approximate surface area is 82.3 Å². The minimum Gasteiger partial charge on any atom is -0.459 e. The first-order chi connectivity index (χ1) is 6.76. The molecule has 1 aromatic rings. The average molecular weight is 190 g/mol. The molecule has 0 bridgehead atoms. The third-order valence-corrected chi connectivity index (χ3v) is 1.56. The molecule has 0 spiro atoms. The van der Waals surface area contributed by atoms with Crippen LogP contribution < -0.4 is 0 Å². The van der Waals surface area contributed by atoms with Crippen LogP contribution in [0.25, 0.3) is 0 Å². The molecule has 0 N–H and O–H groups in total. The normalized spacial score (nSPS) is 8.71. The second-order valence-electron chi connectivity index (χ2n) is 2.49. The zero-order valence-corrected chi connectivity index (χ0v) is 8.07. The molecule has 0 saturated carbocycles. The summed E-state index contributed by atoms with van der Waals surface area (Å²) < 4.78 is 4.37. The van der Waals surface area contributed by atoms with Gasteiger partial charge in [-0.3, -0.25) is 0 Å². The molecule has 0 radical (unpaired) electrons. The molecule has 0 fully saturated rings. The number of ether oxygens (including phenoxy) is 1. The fourth-order valence-electron chi connectivity index (χ4n) is 0.825. The Hall–Kier alpha value is -1.89. The molecule has 0 aliphatic heterocycles. The summed E-state index contributed by atoms with van der Waals surface area (Å²) in [5.74, 6) is 4.32. The second kappa shape index (κ2) is 4.97. The molecule has 0 unspecified atom stereocenters. The van der Waals surface area contributed by atoms with Crippen molar-refractivity contribution in [2.24, 2.45) is 0 Å². The maximum Gasteiger partial charge on any atom is 0.384 e. The summed E-state index contributed by atoms with van der Waals surface area (Å²) in [6, 6.07) is 1.75. The van der Waals surface area contributed by atoms with Crippen LogP contribution in [0.4, 0.5) is 0 Å². The maximum absolute atomic E-state index is 10.7. The van der Waals surface area contributed by atoms with Gasteiger partial charge in [-0.05, 0) is 18.4 Å². The third kappa shape index (κ3) is 2.87. The van der Waals surface area contributed by atoms with Gasteiger partial charge in [0.25, 0.3) is 0 Å². The molecule has 0 aliphatic rings. The third-order valence-electron chi connectivity index (χ3n) is 1.56. The molecule has 0 aliphatic carbocycles. The molecule has 0 aromatic carbocycles. The first kappa shape index (κ1) is 10.2. The minimum atomic E-state index is -0.568. The number of hydrogen-bond acceptors (Lipinski definition) is 4. The number of esters is 1. The van der Waals surface area contributed by atoms with Crippen molar-refractivity contribution in [2.45, 2.75) is 13.3 Å². The molecular formula is C10H10N2O2. The van der Waals surface area contributed by atoms with Crippen molar-refractivity contribution in [3.05, 3.63) is 23.8 Å². The topological polar surface area (TPSA) is 52.1 Å². The van der Waals surface area contributed by atoms with Crippen molar-refractivity contribution in [1.29, 1.82) is 0 Å².